The number of amides is 1. The summed E-state index contributed by atoms with van der Waals surface area (Å²) in [6.07, 6.45) is 0. The summed E-state index contributed by atoms with van der Waals surface area (Å²) in [6, 6.07) is 18.1. The maximum atomic E-state index is 13.5. The van der Waals surface area contributed by atoms with E-state index in [9.17, 15) is 19.7 Å². The van der Waals surface area contributed by atoms with Crippen LogP contribution in [0.2, 0.25) is 5.02 Å². The highest BCUT2D eigenvalue weighted by Gasteiger charge is 2.23. The molecular weight excluding hydrogens is 476 g/mol. The lowest BCUT2D eigenvalue weighted by atomic mass is 10.2. The number of nitro benzene ring substituents is 1. The van der Waals surface area contributed by atoms with Crippen LogP contribution in [0.4, 0.5) is 11.4 Å². The van der Waals surface area contributed by atoms with Crippen LogP contribution in [0.5, 0.6) is 0 Å². The van der Waals surface area contributed by atoms with Crippen molar-refractivity contribution in [2.75, 3.05) is 5.32 Å². The van der Waals surface area contributed by atoms with Crippen LogP contribution in [0.3, 0.4) is 0 Å². The first-order valence-electron chi connectivity index (χ1n) is 10.3. The number of carbonyl (C=O) groups excluding carboxylic acids is 1. The van der Waals surface area contributed by atoms with Gasteiger partial charge in [0.05, 0.1) is 26.8 Å². The number of nitrogens with zero attached hydrogens (tertiary/aromatic N) is 3. The number of aromatic nitrogens is 2. The molecule has 0 spiro atoms. The summed E-state index contributed by atoms with van der Waals surface area (Å²) >= 11 is 7.19. The standard InChI is InChI=1S/C24H19ClN4O4S/c1-14-7-3-5-9-20(14)28-23(31)17-12-11-16(25)13-19(17)27-24(28)34-15(2)22(30)26-18-8-4-6-10-21(18)29(32)33/h3-13,15H,1-2H3,(H,26,30). The van der Waals surface area contributed by atoms with Crippen molar-refractivity contribution in [1.29, 1.82) is 0 Å². The lowest BCUT2D eigenvalue weighted by Gasteiger charge is -2.17. The maximum absolute atomic E-state index is 13.5. The zero-order chi connectivity index (χ0) is 24.4. The Morgan fingerprint density at radius 1 is 1.15 bits per heavy atom. The van der Waals surface area contributed by atoms with Gasteiger partial charge >= 0.3 is 0 Å². The highest BCUT2D eigenvalue weighted by atomic mass is 35.5. The highest BCUT2D eigenvalue weighted by molar-refractivity contribution is 8.00. The van der Waals surface area contributed by atoms with E-state index in [-0.39, 0.29) is 16.9 Å². The molecule has 8 nitrogen and oxygen atoms in total. The van der Waals surface area contributed by atoms with Crippen molar-refractivity contribution in [3.63, 3.8) is 0 Å². The summed E-state index contributed by atoms with van der Waals surface area (Å²) in [5.41, 5.74) is 1.52. The van der Waals surface area contributed by atoms with Gasteiger partial charge in [0.15, 0.2) is 5.16 Å². The number of aryl methyl sites for hydroxylation is 1. The molecule has 1 unspecified atom stereocenters. The van der Waals surface area contributed by atoms with E-state index in [1.807, 2.05) is 31.2 Å². The van der Waals surface area contributed by atoms with Gasteiger partial charge in [-0.05, 0) is 49.7 Å². The van der Waals surface area contributed by atoms with Gasteiger partial charge in [-0.3, -0.25) is 24.3 Å². The fourth-order valence-electron chi connectivity index (χ4n) is 3.43. The molecule has 172 valence electrons. The van der Waals surface area contributed by atoms with Gasteiger partial charge in [-0.25, -0.2) is 4.98 Å². The van der Waals surface area contributed by atoms with Gasteiger partial charge < -0.3 is 5.32 Å². The first-order valence-corrected chi connectivity index (χ1v) is 11.5. The van der Waals surface area contributed by atoms with Crippen molar-refractivity contribution in [1.82, 2.24) is 9.55 Å². The van der Waals surface area contributed by atoms with Crippen LogP contribution in [0.25, 0.3) is 16.6 Å². The number of hydrogen-bond acceptors (Lipinski definition) is 6. The van der Waals surface area contributed by atoms with Gasteiger partial charge in [-0.15, -0.1) is 0 Å². The lowest BCUT2D eigenvalue weighted by Crippen LogP contribution is -2.26. The third-order valence-electron chi connectivity index (χ3n) is 5.17. The van der Waals surface area contributed by atoms with E-state index in [4.69, 9.17) is 11.6 Å². The minimum absolute atomic E-state index is 0.0968. The quantitative estimate of drug-likeness (QED) is 0.167. The predicted molar refractivity (Wildman–Crippen MR) is 134 cm³/mol. The first-order chi connectivity index (χ1) is 16.3. The highest BCUT2D eigenvalue weighted by Crippen LogP contribution is 2.29. The molecule has 4 rings (SSSR count). The molecule has 0 fully saturated rings. The van der Waals surface area contributed by atoms with Crippen LogP contribution in [0.15, 0.2) is 76.7 Å². The third kappa shape index (κ3) is 4.66. The van der Waals surface area contributed by atoms with Crippen molar-refractivity contribution >= 4 is 51.5 Å². The summed E-state index contributed by atoms with van der Waals surface area (Å²) in [5, 5.41) is 14.3. The normalized spacial score (nSPS) is 11.9. The average Bonchev–Trinajstić information content (AvgIpc) is 2.80. The number of para-hydroxylation sites is 3. The minimum Gasteiger partial charge on any atom is -0.319 e. The monoisotopic (exact) mass is 494 g/mol. The second-order valence-electron chi connectivity index (χ2n) is 7.51. The SMILES string of the molecule is Cc1ccccc1-n1c(SC(C)C(=O)Nc2ccccc2[N+](=O)[O-])nc2cc(Cl)ccc2c1=O. The summed E-state index contributed by atoms with van der Waals surface area (Å²) in [5.74, 6) is -0.462. The van der Waals surface area contributed by atoms with Crippen molar-refractivity contribution in [2.24, 2.45) is 0 Å². The first kappa shape index (κ1) is 23.5. The molecule has 0 saturated carbocycles. The summed E-state index contributed by atoms with van der Waals surface area (Å²) in [6.45, 7) is 3.53. The van der Waals surface area contributed by atoms with E-state index >= 15 is 0 Å². The average molecular weight is 495 g/mol. The van der Waals surface area contributed by atoms with Crippen LogP contribution < -0.4 is 10.9 Å². The van der Waals surface area contributed by atoms with Crippen molar-refractivity contribution in [3.05, 3.63) is 97.8 Å². The van der Waals surface area contributed by atoms with Crippen molar-refractivity contribution in [2.45, 2.75) is 24.3 Å². The number of hydrogen-bond donors (Lipinski definition) is 1. The Balaban J connectivity index is 1.76. The van der Waals surface area contributed by atoms with Crippen molar-refractivity contribution < 1.29 is 9.72 Å². The Kier molecular flexibility index (Phi) is 6.67. The molecule has 1 atom stereocenters. The molecular formula is C24H19ClN4O4S. The molecule has 1 N–H and O–H groups in total. The van der Waals surface area contributed by atoms with E-state index in [2.05, 4.69) is 10.3 Å². The third-order valence-corrected chi connectivity index (χ3v) is 6.45. The second kappa shape index (κ2) is 9.66. The summed E-state index contributed by atoms with van der Waals surface area (Å²) in [4.78, 5) is 41.7. The zero-order valence-electron chi connectivity index (χ0n) is 18.2. The number of thioether (sulfide) groups is 1. The lowest BCUT2D eigenvalue weighted by molar-refractivity contribution is -0.383. The Morgan fingerprint density at radius 2 is 1.85 bits per heavy atom. The smallest absolute Gasteiger partial charge is 0.292 e. The molecule has 34 heavy (non-hydrogen) atoms. The number of halogens is 1. The number of rotatable bonds is 6. The number of benzene rings is 3. The van der Waals surface area contributed by atoms with Crippen molar-refractivity contribution in [3.8, 4) is 5.69 Å². The van der Waals surface area contributed by atoms with E-state index in [1.54, 1.807) is 31.2 Å². The van der Waals surface area contributed by atoms with Crippen LogP contribution >= 0.6 is 23.4 Å². The van der Waals surface area contributed by atoms with Gasteiger partial charge in [0.25, 0.3) is 11.2 Å². The predicted octanol–water partition coefficient (Wildman–Crippen LogP) is 5.38. The van der Waals surface area contributed by atoms with Gasteiger partial charge in [-0.2, -0.15) is 0 Å². The molecule has 10 heteroatoms. The molecule has 3 aromatic carbocycles. The molecule has 0 aliphatic heterocycles. The second-order valence-corrected chi connectivity index (χ2v) is 9.25. The maximum Gasteiger partial charge on any atom is 0.292 e. The molecule has 4 aromatic rings. The molecule has 0 bridgehead atoms. The molecule has 1 aromatic heterocycles. The van der Waals surface area contributed by atoms with Gasteiger partial charge in [0.1, 0.15) is 5.69 Å². The number of carbonyl (C=O) groups is 1. The Morgan fingerprint density at radius 3 is 2.59 bits per heavy atom. The Bertz CT molecular complexity index is 1490. The fraction of sp³-hybridized carbons (Fsp3) is 0.125. The topological polar surface area (TPSA) is 107 Å². The number of nitro groups is 1. The van der Waals surface area contributed by atoms with Crippen LogP contribution in [0.1, 0.15) is 12.5 Å². The van der Waals surface area contributed by atoms with E-state index < -0.39 is 16.1 Å². The van der Waals surface area contributed by atoms with E-state index in [0.717, 1.165) is 17.3 Å². The number of nitrogens with one attached hydrogen (secondary N) is 1. The Labute approximate surface area is 203 Å². The van der Waals surface area contributed by atoms with Gasteiger partial charge in [-0.1, -0.05) is 53.7 Å². The van der Waals surface area contributed by atoms with E-state index in [0.29, 0.717) is 26.8 Å². The number of fused-ring (bicyclic) bond motifs is 1. The van der Waals surface area contributed by atoms with Crippen LogP contribution in [-0.4, -0.2) is 25.6 Å². The summed E-state index contributed by atoms with van der Waals surface area (Å²) in [7, 11) is 0. The van der Waals surface area contributed by atoms with E-state index in [1.165, 1.54) is 22.8 Å². The molecule has 0 saturated heterocycles. The van der Waals surface area contributed by atoms with Crippen LogP contribution in [-0.2, 0) is 4.79 Å². The largest absolute Gasteiger partial charge is 0.319 e. The van der Waals surface area contributed by atoms with Crippen LogP contribution in [0, 0.1) is 17.0 Å². The summed E-state index contributed by atoms with van der Waals surface area (Å²) < 4.78 is 1.48. The molecule has 0 radical (unpaired) electrons. The van der Waals surface area contributed by atoms with Gasteiger partial charge in [0.2, 0.25) is 5.91 Å². The molecule has 0 aliphatic carbocycles. The fourth-order valence-corrected chi connectivity index (χ4v) is 4.52. The molecule has 0 aliphatic rings. The van der Waals surface area contributed by atoms with Gasteiger partial charge in [0, 0.05) is 11.1 Å². The number of anilines is 1. The minimum atomic E-state index is -0.724. The molecule has 1 heterocycles. The zero-order valence-corrected chi connectivity index (χ0v) is 19.8. The Hall–Kier alpha value is -3.69. The molecule has 1 amide bonds.